The summed E-state index contributed by atoms with van der Waals surface area (Å²) in [6.45, 7) is 1.74. The van der Waals surface area contributed by atoms with Crippen molar-refractivity contribution in [2.24, 2.45) is 0 Å². The highest BCUT2D eigenvalue weighted by Gasteiger charge is 2.27. The first-order valence-electron chi connectivity index (χ1n) is 4.00. The van der Waals surface area contributed by atoms with Gasteiger partial charge in [0.15, 0.2) is 0 Å². The molecule has 1 rings (SSSR count). The maximum Gasteiger partial charge on any atom is 0.341 e. The van der Waals surface area contributed by atoms with Gasteiger partial charge >= 0.3 is 5.97 Å². The van der Waals surface area contributed by atoms with Crippen LogP contribution in [-0.4, -0.2) is 27.3 Å². The first-order chi connectivity index (χ1) is 6.52. The minimum Gasteiger partial charge on any atom is -0.479 e. The van der Waals surface area contributed by atoms with Crippen LogP contribution in [0.3, 0.4) is 0 Å². The van der Waals surface area contributed by atoms with Crippen LogP contribution in [0.1, 0.15) is 17.4 Å². The third kappa shape index (κ3) is 2.26. The Kier molecular flexibility index (Phi) is 3.14. The molecule has 4 nitrogen and oxygen atoms in total. The predicted octanol–water partition coefficient (Wildman–Crippen LogP) is 0.846. The van der Waals surface area contributed by atoms with Gasteiger partial charge in [0.25, 0.3) is 0 Å². The van der Waals surface area contributed by atoms with Gasteiger partial charge in [0.2, 0.25) is 6.17 Å². The number of nitrogens with zero attached hydrogens (tertiary/aromatic N) is 1. The van der Waals surface area contributed by atoms with E-state index in [-0.39, 0.29) is 5.56 Å². The molecule has 2 unspecified atom stereocenters. The molecular formula is C9H10FNO3. The molecular weight excluding hydrogens is 189 g/mol. The van der Waals surface area contributed by atoms with Crippen molar-refractivity contribution in [1.29, 1.82) is 0 Å². The zero-order chi connectivity index (χ0) is 10.7. The molecule has 0 bridgehead atoms. The van der Waals surface area contributed by atoms with Crippen molar-refractivity contribution in [2.75, 3.05) is 0 Å². The van der Waals surface area contributed by atoms with Crippen LogP contribution in [0.4, 0.5) is 4.39 Å². The van der Waals surface area contributed by atoms with E-state index in [4.69, 9.17) is 5.11 Å². The van der Waals surface area contributed by atoms with Gasteiger partial charge in [-0.05, 0) is 13.0 Å². The van der Waals surface area contributed by atoms with Crippen molar-refractivity contribution in [3.05, 3.63) is 29.6 Å². The summed E-state index contributed by atoms with van der Waals surface area (Å²) in [6.07, 6.45) is -2.73. The van der Waals surface area contributed by atoms with Gasteiger partial charge in [-0.2, -0.15) is 0 Å². The summed E-state index contributed by atoms with van der Waals surface area (Å²) in [5.74, 6) is -1.68. The van der Waals surface area contributed by atoms with Crippen LogP contribution in [0.15, 0.2) is 18.3 Å². The highest BCUT2D eigenvalue weighted by atomic mass is 19.1. The van der Waals surface area contributed by atoms with Crippen molar-refractivity contribution in [2.45, 2.75) is 19.2 Å². The molecule has 0 saturated carbocycles. The molecule has 0 saturated heterocycles. The van der Waals surface area contributed by atoms with E-state index in [0.717, 1.165) is 0 Å². The summed E-state index contributed by atoms with van der Waals surface area (Å²) in [4.78, 5) is 14.0. The van der Waals surface area contributed by atoms with Gasteiger partial charge < -0.3 is 10.2 Å². The minimum atomic E-state index is -2.32. The van der Waals surface area contributed by atoms with E-state index < -0.39 is 18.2 Å². The molecule has 76 valence electrons. The molecule has 0 radical (unpaired) electrons. The number of aliphatic hydroxyl groups is 1. The van der Waals surface area contributed by atoms with Crippen LogP contribution < -0.4 is 0 Å². The number of alkyl halides is 1. The fourth-order valence-corrected chi connectivity index (χ4v) is 0.958. The van der Waals surface area contributed by atoms with Crippen LogP contribution in [0.5, 0.6) is 0 Å². The SMILES string of the molecule is Cc1ccc(C(O)C(F)C(=O)O)cn1. The second-order valence-corrected chi connectivity index (χ2v) is 2.92. The minimum absolute atomic E-state index is 0.158. The Morgan fingerprint density at radius 1 is 1.57 bits per heavy atom. The second-order valence-electron chi connectivity index (χ2n) is 2.92. The molecule has 0 amide bonds. The van der Waals surface area contributed by atoms with E-state index >= 15 is 0 Å². The molecule has 0 spiro atoms. The molecule has 2 atom stereocenters. The Morgan fingerprint density at radius 2 is 2.21 bits per heavy atom. The third-order valence-electron chi connectivity index (χ3n) is 1.79. The third-order valence-corrected chi connectivity index (χ3v) is 1.79. The van der Waals surface area contributed by atoms with Gasteiger partial charge in [0.05, 0.1) is 0 Å². The average Bonchev–Trinajstić information content (AvgIpc) is 2.16. The summed E-state index contributed by atoms with van der Waals surface area (Å²) < 4.78 is 12.8. The Labute approximate surface area is 80.0 Å². The zero-order valence-corrected chi connectivity index (χ0v) is 7.51. The molecule has 1 aromatic rings. The lowest BCUT2D eigenvalue weighted by molar-refractivity contribution is -0.147. The number of halogens is 1. The van der Waals surface area contributed by atoms with Crippen molar-refractivity contribution >= 4 is 5.97 Å². The Balaban J connectivity index is 2.84. The van der Waals surface area contributed by atoms with Gasteiger partial charge in [-0.25, -0.2) is 9.18 Å². The van der Waals surface area contributed by atoms with Crippen LogP contribution in [0, 0.1) is 6.92 Å². The monoisotopic (exact) mass is 199 g/mol. The smallest absolute Gasteiger partial charge is 0.341 e. The van der Waals surface area contributed by atoms with Crippen LogP contribution in [0.2, 0.25) is 0 Å². The maximum atomic E-state index is 12.8. The number of carbonyl (C=O) groups is 1. The number of pyridine rings is 1. The number of aliphatic carboxylic acids is 1. The lowest BCUT2D eigenvalue weighted by Gasteiger charge is -2.11. The molecule has 5 heteroatoms. The van der Waals surface area contributed by atoms with Crippen LogP contribution >= 0.6 is 0 Å². The number of carboxylic acids is 1. The summed E-state index contributed by atoms with van der Waals surface area (Å²) in [7, 11) is 0. The quantitative estimate of drug-likeness (QED) is 0.756. The second kappa shape index (κ2) is 4.15. The van der Waals surface area contributed by atoms with E-state index in [1.165, 1.54) is 12.3 Å². The molecule has 0 aromatic carbocycles. The molecule has 0 aliphatic carbocycles. The number of hydrogen-bond acceptors (Lipinski definition) is 3. The first-order valence-corrected chi connectivity index (χ1v) is 4.00. The summed E-state index contributed by atoms with van der Waals surface area (Å²) in [5.41, 5.74) is 0.872. The molecule has 0 aliphatic heterocycles. The molecule has 1 heterocycles. The molecule has 14 heavy (non-hydrogen) atoms. The van der Waals surface area contributed by atoms with Gasteiger partial charge in [0.1, 0.15) is 6.10 Å². The zero-order valence-electron chi connectivity index (χ0n) is 7.51. The Morgan fingerprint density at radius 3 is 2.64 bits per heavy atom. The Bertz CT molecular complexity index is 325. The average molecular weight is 199 g/mol. The largest absolute Gasteiger partial charge is 0.479 e. The summed E-state index contributed by atoms with van der Waals surface area (Å²) in [5, 5.41) is 17.6. The van der Waals surface area contributed by atoms with E-state index in [0.29, 0.717) is 5.69 Å². The first kappa shape index (κ1) is 10.6. The van der Waals surface area contributed by atoms with E-state index in [1.54, 1.807) is 13.0 Å². The lowest BCUT2D eigenvalue weighted by Crippen LogP contribution is -2.23. The highest BCUT2D eigenvalue weighted by Crippen LogP contribution is 2.18. The lowest BCUT2D eigenvalue weighted by atomic mass is 10.1. The van der Waals surface area contributed by atoms with Gasteiger partial charge in [0, 0.05) is 17.5 Å². The fraction of sp³-hybridized carbons (Fsp3) is 0.333. The van der Waals surface area contributed by atoms with E-state index in [2.05, 4.69) is 4.98 Å². The van der Waals surface area contributed by atoms with Crippen molar-refractivity contribution in [1.82, 2.24) is 4.98 Å². The van der Waals surface area contributed by atoms with Gasteiger partial charge in [-0.1, -0.05) is 6.07 Å². The van der Waals surface area contributed by atoms with Gasteiger partial charge in [-0.15, -0.1) is 0 Å². The number of aromatic nitrogens is 1. The van der Waals surface area contributed by atoms with Crippen molar-refractivity contribution in [3.63, 3.8) is 0 Å². The van der Waals surface area contributed by atoms with Gasteiger partial charge in [-0.3, -0.25) is 4.98 Å². The van der Waals surface area contributed by atoms with Crippen molar-refractivity contribution < 1.29 is 19.4 Å². The van der Waals surface area contributed by atoms with E-state index in [1.807, 2.05) is 0 Å². The molecule has 1 aromatic heterocycles. The number of aliphatic hydroxyl groups excluding tert-OH is 1. The molecule has 2 N–H and O–H groups in total. The number of rotatable bonds is 3. The maximum absolute atomic E-state index is 12.8. The highest BCUT2D eigenvalue weighted by molar-refractivity contribution is 5.73. The topological polar surface area (TPSA) is 70.4 Å². The van der Waals surface area contributed by atoms with Crippen molar-refractivity contribution in [3.8, 4) is 0 Å². The van der Waals surface area contributed by atoms with Crippen LogP contribution in [-0.2, 0) is 4.79 Å². The summed E-state index contributed by atoms with van der Waals surface area (Å²) >= 11 is 0. The van der Waals surface area contributed by atoms with E-state index in [9.17, 15) is 14.3 Å². The summed E-state index contributed by atoms with van der Waals surface area (Å²) in [6, 6.07) is 3.02. The standard InChI is InChI=1S/C9H10FNO3/c1-5-2-3-6(4-11-5)8(12)7(10)9(13)14/h2-4,7-8,12H,1H3,(H,13,14). The number of carboxylic acid groups (broad SMARTS) is 1. The normalized spacial score (nSPS) is 14.8. The van der Waals surface area contributed by atoms with Crippen LogP contribution in [0.25, 0.3) is 0 Å². The predicted molar refractivity (Wildman–Crippen MR) is 46.5 cm³/mol. The number of hydrogen-bond donors (Lipinski definition) is 2. The fourth-order valence-electron chi connectivity index (χ4n) is 0.958. The molecule has 0 aliphatic rings. The Hall–Kier alpha value is -1.49. The number of aryl methyl sites for hydroxylation is 1. The molecule has 0 fully saturated rings.